The van der Waals surface area contributed by atoms with Crippen LogP contribution < -0.4 is 5.32 Å². The molecule has 7 nitrogen and oxygen atoms in total. The number of hydrogen-bond donors (Lipinski definition) is 2. The molecule has 0 unspecified atom stereocenters. The summed E-state index contributed by atoms with van der Waals surface area (Å²) in [6.45, 7) is 1.85. The Morgan fingerprint density at radius 3 is 2.66 bits per heavy atom. The van der Waals surface area contributed by atoms with Gasteiger partial charge in [0.15, 0.2) is 5.65 Å². The molecule has 0 bridgehead atoms. The van der Waals surface area contributed by atoms with Gasteiger partial charge in [-0.3, -0.25) is 9.69 Å². The lowest BCUT2D eigenvalue weighted by molar-refractivity contribution is 0.0927. The van der Waals surface area contributed by atoms with Crippen LogP contribution in [0.4, 0.5) is 17.6 Å². The quantitative estimate of drug-likeness (QED) is 0.430. The minimum absolute atomic E-state index is 0.0184. The zero-order chi connectivity index (χ0) is 27.0. The van der Waals surface area contributed by atoms with Gasteiger partial charge in [0.05, 0.1) is 23.8 Å². The normalized spacial score (nSPS) is 25.2. The highest BCUT2D eigenvalue weighted by atomic mass is 19.3. The lowest BCUT2D eigenvalue weighted by Crippen LogP contribution is -2.42. The van der Waals surface area contributed by atoms with Crippen LogP contribution in [0.25, 0.3) is 5.65 Å². The molecule has 2 aliphatic rings. The maximum atomic E-state index is 14.6. The van der Waals surface area contributed by atoms with Gasteiger partial charge in [-0.1, -0.05) is 18.2 Å². The van der Waals surface area contributed by atoms with Gasteiger partial charge in [0.2, 0.25) is 0 Å². The monoisotopic (exact) mass is 533 g/mol. The number of carbonyl (C=O) groups excluding carboxylic acids is 1. The van der Waals surface area contributed by atoms with E-state index in [0.29, 0.717) is 24.2 Å². The van der Waals surface area contributed by atoms with Crippen molar-refractivity contribution in [3.05, 3.63) is 64.9 Å². The number of nitrogens with one attached hydrogen (secondary N) is 1. The Kier molecular flexibility index (Phi) is 7.67. The highest BCUT2D eigenvalue weighted by molar-refractivity contribution is 5.94. The fraction of sp³-hybridized carbons (Fsp3) is 0.519. The second-order valence-corrected chi connectivity index (χ2v) is 10.3. The predicted octanol–water partition coefficient (Wildman–Crippen LogP) is 4.73. The molecule has 3 aromatic rings. The highest BCUT2D eigenvalue weighted by Gasteiger charge is 2.38. The Bertz CT molecular complexity index is 1290. The molecule has 5 rings (SSSR count). The molecule has 2 fully saturated rings. The van der Waals surface area contributed by atoms with Crippen LogP contribution in [-0.4, -0.2) is 61.9 Å². The van der Waals surface area contributed by atoms with Crippen molar-refractivity contribution in [1.82, 2.24) is 24.8 Å². The van der Waals surface area contributed by atoms with Crippen molar-refractivity contribution in [3.8, 4) is 0 Å². The molecule has 2 aromatic heterocycles. The first-order valence-electron chi connectivity index (χ1n) is 13.0. The Morgan fingerprint density at radius 2 is 1.95 bits per heavy atom. The number of rotatable bonds is 7. The molecule has 38 heavy (non-hydrogen) atoms. The third-order valence-electron chi connectivity index (χ3n) is 8.00. The van der Waals surface area contributed by atoms with Gasteiger partial charge in [0.25, 0.3) is 12.3 Å². The van der Waals surface area contributed by atoms with Crippen molar-refractivity contribution in [1.29, 1.82) is 0 Å². The van der Waals surface area contributed by atoms with Crippen molar-refractivity contribution < 1.29 is 27.5 Å². The lowest BCUT2D eigenvalue weighted by atomic mass is 9.81. The van der Waals surface area contributed by atoms with Gasteiger partial charge in [-0.2, -0.15) is 5.10 Å². The molecule has 11 heteroatoms. The van der Waals surface area contributed by atoms with E-state index < -0.39 is 35.9 Å². The van der Waals surface area contributed by atoms with Crippen LogP contribution in [0.3, 0.4) is 0 Å². The first-order chi connectivity index (χ1) is 18.3. The maximum Gasteiger partial charge on any atom is 0.266 e. The number of likely N-dealkylation sites (tertiary alicyclic amines) is 1. The molecular weight excluding hydrogens is 502 g/mol. The number of aromatic nitrogens is 3. The zero-order valence-electron chi connectivity index (χ0n) is 21.0. The average Bonchev–Trinajstić information content (AvgIpc) is 3.54. The van der Waals surface area contributed by atoms with Gasteiger partial charge in [0, 0.05) is 36.0 Å². The number of nitrogens with zero attached hydrogens (tertiary/aromatic N) is 4. The van der Waals surface area contributed by atoms with Gasteiger partial charge in [-0.25, -0.2) is 27.1 Å². The van der Waals surface area contributed by atoms with Gasteiger partial charge >= 0.3 is 0 Å². The molecular formula is C27H31F4N5O2. The van der Waals surface area contributed by atoms with E-state index in [1.165, 1.54) is 23.0 Å². The molecule has 0 radical (unpaired) electrons. The van der Waals surface area contributed by atoms with Crippen LogP contribution in [0, 0.1) is 5.82 Å². The average molecular weight is 534 g/mol. The van der Waals surface area contributed by atoms with E-state index in [4.69, 9.17) is 0 Å². The molecule has 1 amide bonds. The standard InChI is InChI=1S/C27H31F4N5O2/c1-15(21-3-2-4-22(24(21)29)25(30)31)34-27(38)17-9-23(26-32-14-33-36(26)11-17)16-5-7-19(8-6-16)35-12-18(28)10-20(35)13-37/h2-4,9,11,14-16,18-20,25,37H,5-8,10,12-13H2,1H3,(H,34,38)/t15-,16?,18-,19?,20-/m1/s1. The minimum atomic E-state index is -2.95. The summed E-state index contributed by atoms with van der Waals surface area (Å²) in [7, 11) is 0. The van der Waals surface area contributed by atoms with Gasteiger partial charge in [-0.15, -0.1) is 0 Å². The Hall–Kier alpha value is -3.05. The molecule has 2 N–H and O–H groups in total. The number of benzene rings is 1. The van der Waals surface area contributed by atoms with E-state index in [1.54, 1.807) is 19.2 Å². The first-order valence-corrected chi connectivity index (χ1v) is 13.0. The van der Waals surface area contributed by atoms with Gasteiger partial charge in [-0.05, 0) is 51.0 Å². The second kappa shape index (κ2) is 11.0. The number of fused-ring (bicyclic) bond motifs is 1. The SMILES string of the molecule is C[C@@H](NC(=O)c1cc(C2CCC(N3C[C@H](F)C[C@@H]3CO)CC2)c2ncnn2c1)c1cccc(C(F)F)c1F. The van der Waals surface area contributed by atoms with Crippen molar-refractivity contribution in [2.75, 3.05) is 13.2 Å². The van der Waals surface area contributed by atoms with Gasteiger partial charge in [0.1, 0.15) is 18.3 Å². The fourth-order valence-corrected chi connectivity index (χ4v) is 6.03. The molecule has 0 spiro atoms. The van der Waals surface area contributed by atoms with E-state index in [0.717, 1.165) is 37.3 Å². The Morgan fingerprint density at radius 1 is 1.21 bits per heavy atom. The topological polar surface area (TPSA) is 82.8 Å². The first kappa shape index (κ1) is 26.6. The van der Waals surface area contributed by atoms with E-state index in [-0.39, 0.29) is 30.2 Å². The number of amides is 1. The number of aliphatic hydroxyl groups excluding tert-OH is 1. The number of hydrogen-bond acceptors (Lipinski definition) is 5. The van der Waals surface area contributed by atoms with Crippen molar-refractivity contribution in [3.63, 3.8) is 0 Å². The molecule has 1 aliphatic heterocycles. The van der Waals surface area contributed by atoms with E-state index in [1.807, 2.05) is 0 Å². The molecule has 1 saturated heterocycles. The minimum Gasteiger partial charge on any atom is -0.395 e. The number of aliphatic hydroxyl groups is 1. The highest BCUT2D eigenvalue weighted by Crippen LogP contribution is 2.39. The third kappa shape index (κ3) is 5.13. The van der Waals surface area contributed by atoms with Crippen molar-refractivity contribution in [2.45, 2.75) is 75.7 Å². The number of alkyl halides is 3. The number of carbonyl (C=O) groups is 1. The predicted molar refractivity (Wildman–Crippen MR) is 132 cm³/mol. The van der Waals surface area contributed by atoms with E-state index >= 15 is 0 Å². The zero-order valence-corrected chi connectivity index (χ0v) is 21.0. The Balaban J connectivity index is 1.33. The van der Waals surface area contributed by atoms with Gasteiger partial charge < -0.3 is 10.4 Å². The largest absolute Gasteiger partial charge is 0.395 e. The van der Waals surface area contributed by atoms with Crippen molar-refractivity contribution >= 4 is 11.6 Å². The summed E-state index contributed by atoms with van der Waals surface area (Å²) in [6, 6.07) is 4.74. The summed E-state index contributed by atoms with van der Waals surface area (Å²) >= 11 is 0. The van der Waals surface area contributed by atoms with Crippen LogP contribution in [-0.2, 0) is 0 Å². The molecule has 1 saturated carbocycles. The molecule has 1 aromatic carbocycles. The molecule has 1 aliphatic carbocycles. The summed E-state index contributed by atoms with van der Waals surface area (Å²) in [4.78, 5) is 19.7. The molecule has 3 heterocycles. The summed E-state index contributed by atoms with van der Waals surface area (Å²) in [5, 5.41) is 16.6. The smallest absolute Gasteiger partial charge is 0.266 e. The van der Waals surface area contributed by atoms with Crippen LogP contribution in [0.1, 0.15) is 84.5 Å². The number of pyridine rings is 1. The fourth-order valence-electron chi connectivity index (χ4n) is 6.03. The maximum absolute atomic E-state index is 14.6. The Labute approximate surface area is 217 Å². The van der Waals surface area contributed by atoms with Crippen molar-refractivity contribution in [2.24, 2.45) is 0 Å². The molecule has 204 valence electrons. The van der Waals surface area contributed by atoms with Crippen LogP contribution in [0.15, 0.2) is 36.8 Å². The van der Waals surface area contributed by atoms with Crippen LogP contribution in [0.2, 0.25) is 0 Å². The second-order valence-electron chi connectivity index (χ2n) is 10.3. The van der Waals surface area contributed by atoms with E-state index in [2.05, 4.69) is 20.3 Å². The lowest BCUT2D eigenvalue weighted by Gasteiger charge is -2.37. The third-order valence-corrected chi connectivity index (χ3v) is 8.00. The van der Waals surface area contributed by atoms with E-state index in [9.17, 15) is 27.5 Å². The summed E-state index contributed by atoms with van der Waals surface area (Å²) in [5.41, 5.74) is 1.10. The van der Waals surface area contributed by atoms with Crippen LogP contribution in [0.5, 0.6) is 0 Å². The van der Waals surface area contributed by atoms with Crippen LogP contribution >= 0.6 is 0 Å². The summed E-state index contributed by atoms with van der Waals surface area (Å²) in [5.74, 6) is -1.40. The summed E-state index contributed by atoms with van der Waals surface area (Å²) in [6.07, 6.45) is 2.75. The molecule has 3 atom stereocenters. The number of halogens is 4. The summed E-state index contributed by atoms with van der Waals surface area (Å²) < 4.78 is 56.4.